The molecule has 3 aliphatic heterocycles. The molecule has 1 saturated heterocycles. The summed E-state index contributed by atoms with van der Waals surface area (Å²) in [7, 11) is 0. The molecule has 1 aromatic carbocycles. The minimum atomic E-state index is -3.55. The number of hydrogen-bond acceptors (Lipinski definition) is 8. The van der Waals surface area contributed by atoms with E-state index in [-0.39, 0.29) is 41.6 Å². The molecule has 3 aliphatic rings. The van der Waals surface area contributed by atoms with Crippen LogP contribution in [0.2, 0.25) is 0 Å². The van der Waals surface area contributed by atoms with Crippen LogP contribution in [0.4, 0.5) is 27.6 Å². The number of hydrogen-bond donors (Lipinski definition) is 2. The molecule has 5 rings (SSSR count). The zero-order valence-corrected chi connectivity index (χ0v) is 19.3. The summed E-state index contributed by atoms with van der Waals surface area (Å²) in [5, 5.41) is 2.34. The van der Waals surface area contributed by atoms with Crippen molar-refractivity contribution in [2.24, 2.45) is 16.6 Å². The molecule has 1 fully saturated rings. The van der Waals surface area contributed by atoms with Crippen molar-refractivity contribution in [1.29, 1.82) is 0 Å². The van der Waals surface area contributed by atoms with E-state index in [4.69, 9.17) is 19.9 Å². The molecule has 1 amide bonds. The number of alkyl halides is 3. The van der Waals surface area contributed by atoms with Gasteiger partial charge in [-0.05, 0) is 13.0 Å². The molecule has 4 heterocycles. The molecule has 1 aromatic heterocycles. The highest BCUT2D eigenvalue weighted by molar-refractivity contribution is 6.03. The number of halogens is 5. The fourth-order valence-electron chi connectivity index (χ4n) is 4.69. The lowest BCUT2D eigenvalue weighted by Crippen LogP contribution is -2.55. The summed E-state index contributed by atoms with van der Waals surface area (Å²) in [6.45, 7) is -0.587. The van der Waals surface area contributed by atoms with Crippen LogP contribution < -0.4 is 20.5 Å². The van der Waals surface area contributed by atoms with Gasteiger partial charge in [0.05, 0.1) is 24.8 Å². The van der Waals surface area contributed by atoms with Gasteiger partial charge in [0.1, 0.15) is 24.0 Å². The summed E-state index contributed by atoms with van der Waals surface area (Å²) in [5.41, 5.74) is 2.80. The van der Waals surface area contributed by atoms with E-state index in [1.165, 1.54) is 0 Å². The molecule has 0 aliphatic carbocycles. The Morgan fingerprint density at radius 1 is 1.24 bits per heavy atom. The number of pyridine rings is 1. The van der Waals surface area contributed by atoms with Gasteiger partial charge >= 0.3 is 6.11 Å². The van der Waals surface area contributed by atoms with Gasteiger partial charge < -0.3 is 30.0 Å². The number of aliphatic imine (C=N–C) groups is 1. The molecule has 0 saturated carbocycles. The van der Waals surface area contributed by atoms with Gasteiger partial charge in [0.2, 0.25) is 0 Å². The number of ether oxygens (including phenoxy) is 4. The van der Waals surface area contributed by atoms with Crippen LogP contribution in [0.15, 0.2) is 29.4 Å². The Labute approximate surface area is 206 Å². The van der Waals surface area contributed by atoms with Gasteiger partial charge in [-0.25, -0.2) is 23.1 Å². The highest BCUT2D eigenvalue weighted by Gasteiger charge is 2.53. The average Bonchev–Trinajstić information content (AvgIpc) is 2.84. The third-order valence-electron chi connectivity index (χ3n) is 6.44. The van der Waals surface area contributed by atoms with Gasteiger partial charge in [-0.15, -0.1) is 0 Å². The lowest BCUT2D eigenvalue weighted by molar-refractivity contribution is -0.209. The Morgan fingerprint density at radius 2 is 2.03 bits per heavy atom. The molecule has 14 heteroatoms. The van der Waals surface area contributed by atoms with Gasteiger partial charge in [-0.2, -0.15) is 8.78 Å². The maximum Gasteiger partial charge on any atom is 0.433 e. The number of nitrogens with two attached hydrogens (primary N) is 1. The summed E-state index contributed by atoms with van der Waals surface area (Å²) in [6, 6.07) is 2.42. The highest BCUT2D eigenvalue weighted by atomic mass is 19.3. The number of anilines is 1. The fraction of sp³-hybridized carbons (Fsp3) is 0.435. The predicted molar refractivity (Wildman–Crippen MR) is 117 cm³/mol. The summed E-state index contributed by atoms with van der Waals surface area (Å²) in [4.78, 5) is 20.6. The van der Waals surface area contributed by atoms with E-state index in [1.54, 1.807) is 6.92 Å². The second-order valence-corrected chi connectivity index (χ2v) is 8.97. The number of benzene rings is 1. The minimum Gasteiger partial charge on any atom is -0.479 e. The molecule has 198 valence electrons. The van der Waals surface area contributed by atoms with E-state index in [0.29, 0.717) is 12.5 Å². The van der Waals surface area contributed by atoms with Crippen molar-refractivity contribution in [3.05, 3.63) is 47.3 Å². The number of aromatic nitrogens is 1. The van der Waals surface area contributed by atoms with Crippen molar-refractivity contribution >= 4 is 17.6 Å². The fourth-order valence-corrected chi connectivity index (χ4v) is 4.69. The second-order valence-electron chi connectivity index (χ2n) is 8.97. The molecule has 4 atom stereocenters. The van der Waals surface area contributed by atoms with Crippen LogP contribution in [0.3, 0.4) is 0 Å². The minimum absolute atomic E-state index is 0.0512. The average molecular weight is 528 g/mol. The first-order valence-corrected chi connectivity index (χ1v) is 11.2. The van der Waals surface area contributed by atoms with Crippen molar-refractivity contribution in [3.8, 4) is 11.5 Å². The topological polar surface area (TPSA) is 117 Å². The number of carbonyl (C=O) groups is 1. The molecule has 0 spiro atoms. The second kappa shape index (κ2) is 9.01. The van der Waals surface area contributed by atoms with E-state index >= 15 is 4.39 Å². The van der Waals surface area contributed by atoms with Crippen LogP contribution in [-0.4, -0.2) is 55.1 Å². The molecule has 0 radical (unpaired) electrons. The number of nitrogens with one attached hydrogen (secondary N) is 1. The maximum absolute atomic E-state index is 15.1. The van der Waals surface area contributed by atoms with E-state index in [1.807, 2.05) is 0 Å². The van der Waals surface area contributed by atoms with Crippen molar-refractivity contribution in [3.63, 3.8) is 0 Å². The van der Waals surface area contributed by atoms with Crippen molar-refractivity contribution in [2.75, 3.05) is 25.2 Å². The standard InChI is InChI=1S/C23H21F5N4O5/c1-10-2-16-13(7-34-10)22(8-24,32-21(29)36-16)12-3-11(4-14(25)19(12)26)31-20(33)15-5-17-18(6-30-15)37-23(27,28)9-35-17/h3-6,10,13,16H,2,7-9H2,1H3,(H2,29,32)(H,31,33)/t10-,13+,16-,22-/m1/s1. The first-order chi connectivity index (χ1) is 17.5. The Bertz CT molecular complexity index is 1280. The Morgan fingerprint density at radius 3 is 2.78 bits per heavy atom. The number of carbonyl (C=O) groups excluding carboxylic acids is 1. The van der Waals surface area contributed by atoms with Crippen molar-refractivity contribution in [2.45, 2.75) is 37.2 Å². The van der Waals surface area contributed by atoms with Gasteiger partial charge in [0, 0.05) is 29.8 Å². The van der Waals surface area contributed by atoms with Crippen LogP contribution in [0, 0.1) is 17.6 Å². The monoisotopic (exact) mass is 528 g/mol. The highest BCUT2D eigenvalue weighted by Crippen LogP contribution is 2.46. The number of fused-ring (bicyclic) bond motifs is 2. The molecular weight excluding hydrogens is 507 g/mol. The molecule has 9 nitrogen and oxygen atoms in total. The van der Waals surface area contributed by atoms with E-state index in [9.17, 15) is 22.4 Å². The van der Waals surface area contributed by atoms with Crippen LogP contribution in [-0.2, 0) is 15.0 Å². The van der Waals surface area contributed by atoms with Gasteiger partial charge in [0.15, 0.2) is 29.7 Å². The maximum atomic E-state index is 15.1. The normalized spacial score (nSPS) is 27.9. The molecule has 37 heavy (non-hydrogen) atoms. The summed E-state index contributed by atoms with van der Waals surface area (Å²) >= 11 is 0. The molecule has 0 bridgehead atoms. The number of nitrogens with zero attached hydrogens (tertiary/aromatic N) is 2. The molecule has 3 N–H and O–H groups in total. The van der Waals surface area contributed by atoms with Crippen LogP contribution >= 0.6 is 0 Å². The summed E-state index contributed by atoms with van der Waals surface area (Å²) in [6.07, 6.45) is -3.25. The van der Waals surface area contributed by atoms with E-state index < -0.39 is 60.1 Å². The Hall–Kier alpha value is -3.68. The van der Waals surface area contributed by atoms with Crippen LogP contribution in [0.5, 0.6) is 11.5 Å². The zero-order chi connectivity index (χ0) is 26.5. The Kier molecular flexibility index (Phi) is 6.09. The van der Waals surface area contributed by atoms with E-state index in [0.717, 1.165) is 18.3 Å². The molecule has 2 aromatic rings. The smallest absolute Gasteiger partial charge is 0.433 e. The number of amides is 1. The van der Waals surface area contributed by atoms with E-state index in [2.05, 4.69) is 20.0 Å². The zero-order valence-electron chi connectivity index (χ0n) is 19.3. The lowest BCUT2D eigenvalue weighted by atomic mass is 9.73. The largest absolute Gasteiger partial charge is 0.479 e. The first kappa shape index (κ1) is 25.0. The van der Waals surface area contributed by atoms with Crippen LogP contribution in [0.1, 0.15) is 29.4 Å². The summed E-state index contributed by atoms with van der Waals surface area (Å²) in [5.74, 6) is -5.01. The SMILES string of the molecule is C[C@@H]1C[C@H]2OC(N)=N[C@](CF)(c3cc(NC(=O)c4cc5c(cn4)OC(F)(F)CO5)cc(F)c3F)[C@H]2CO1. The molecule has 0 unspecified atom stereocenters. The summed E-state index contributed by atoms with van der Waals surface area (Å²) < 4.78 is 91.7. The lowest BCUT2D eigenvalue weighted by Gasteiger charge is -2.46. The van der Waals surface area contributed by atoms with Gasteiger partial charge in [-0.3, -0.25) is 4.79 Å². The molecular formula is C23H21F5N4O5. The van der Waals surface area contributed by atoms with Gasteiger partial charge in [-0.1, -0.05) is 0 Å². The third-order valence-corrected chi connectivity index (χ3v) is 6.44. The number of amidine groups is 1. The van der Waals surface area contributed by atoms with Gasteiger partial charge in [0.25, 0.3) is 11.9 Å². The quantitative estimate of drug-likeness (QED) is 0.585. The Balaban J connectivity index is 1.47. The van der Waals surface area contributed by atoms with Crippen LogP contribution in [0.25, 0.3) is 0 Å². The predicted octanol–water partition coefficient (Wildman–Crippen LogP) is 3.28. The van der Waals surface area contributed by atoms with Crippen molar-refractivity contribution < 1.29 is 45.7 Å². The first-order valence-electron chi connectivity index (χ1n) is 11.2. The third kappa shape index (κ3) is 4.49. The van der Waals surface area contributed by atoms with Crippen molar-refractivity contribution in [1.82, 2.24) is 4.98 Å². The number of rotatable bonds is 4.